The molecule has 0 N–H and O–H groups in total. The molecule has 8 aromatic heterocycles. The Bertz CT molecular complexity index is 5230. The van der Waals surface area contributed by atoms with Crippen LogP contribution in [0.1, 0.15) is 74.4 Å². The number of pyridine rings is 2. The van der Waals surface area contributed by atoms with E-state index in [9.17, 15) is 13.2 Å². The lowest BCUT2D eigenvalue weighted by Gasteiger charge is -2.14. The Balaban J connectivity index is 0.000000130. The number of rotatable bonds is 15. The van der Waals surface area contributed by atoms with Crippen LogP contribution in [0.15, 0.2) is 250 Å². The molecule has 8 heterocycles. The molecule has 7 aromatic carbocycles. The third kappa shape index (κ3) is 14.2. The van der Waals surface area contributed by atoms with Crippen molar-refractivity contribution < 1.29 is 13.2 Å². The molecule has 0 fully saturated rings. The van der Waals surface area contributed by atoms with Crippen LogP contribution in [0.3, 0.4) is 0 Å². The van der Waals surface area contributed by atoms with E-state index in [1.807, 2.05) is 115 Å². The molecule has 96 heavy (non-hydrogen) atoms. The molecular formula is C82H70F3N11. The number of aromatic nitrogens is 11. The summed E-state index contributed by atoms with van der Waals surface area (Å²) in [4.78, 5) is 37.0. The van der Waals surface area contributed by atoms with Gasteiger partial charge >= 0.3 is 0 Å². The molecule has 0 spiro atoms. The predicted octanol–water partition coefficient (Wildman–Crippen LogP) is 18.9. The van der Waals surface area contributed by atoms with E-state index in [4.69, 9.17) is 15.0 Å². The lowest BCUT2D eigenvalue weighted by atomic mass is 9.95. The summed E-state index contributed by atoms with van der Waals surface area (Å²) >= 11 is 0. The van der Waals surface area contributed by atoms with E-state index in [-0.39, 0.29) is 11.7 Å². The average molecular weight is 1270 g/mol. The topological polar surface area (TPSA) is 116 Å². The van der Waals surface area contributed by atoms with Crippen molar-refractivity contribution in [3.63, 3.8) is 0 Å². The zero-order valence-corrected chi connectivity index (χ0v) is 54.3. The fourth-order valence-electron chi connectivity index (χ4n) is 12.5. The van der Waals surface area contributed by atoms with Crippen molar-refractivity contribution in [1.29, 1.82) is 0 Å². The molecule has 1 unspecified atom stereocenters. The summed E-state index contributed by atoms with van der Waals surface area (Å²) in [7, 11) is 0. The minimum absolute atomic E-state index is 0.181. The van der Waals surface area contributed by atoms with Crippen LogP contribution in [0.2, 0.25) is 0 Å². The molecule has 0 aliphatic carbocycles. The molecule has 1 atom stereocenters. The van der Waals surface area contributed by atoms with E-state index in [2.05, 4.69) is 165 Å². The molecule has 0 bridgehead atoms. The van der Waals surface area contributed by atoms with Crippen LogP contribution < -0.4 is 0 Å². The standard InChI is InChI=1S/C28H26N4.C27H22F2N4.C27H22FN3/c1-19-8-7-11-23(14-19)27-21(3)15-24(17-30-27)20(2)16-25-28-31-18-26(32(28)13-12-29-25)22-9-5-4-6-10-22;1-17-4-3-5-20(10-17)26-18(2)11-19(15-31-26)6-7-24-27-32-16-25(33(27)9-8-30-24)21-12-22(28)14-23(29)13-21;1-19-6-5-9-22(16-19)23-11-10-20(24(28)17-23)12-13-25-27-30-18-26(31(27)15-14-29-25)21-7-3-2-4-8-21/h4-15,17-18,20H,16H2,1-3H3;3-5,8-16H,6-7H2,1-2H3;2-11,14-18H,12-13H2,1H3. The summed E-state index contributed by atoms with van der Waals surface area (Å²) < 4.78 is 48.3. The summed E-state index contributed by atoms with van der Waals surface area (Å²) in [5, 5.41) is 0. The minimum Gasteiger partial charge on any atom is -0.297 e. The number of imidazole rings is 3. The molecule has 0 aliphatic heterocycles. The summed E-state index contributed by atoms with van der Waals surface area (Å²) in [6.07, 6.45) is 23.8. The molecule has 15 aromatic rings. The van der Waals surface area contributed by atoms with Crippen LogP contribution in [0.4, 0.5) is 13.2 Å². The highest BCUT2D eigenvalue weighted by Crippen LogP contribution is 2.32. The lowest BCUT2D eigenvalue weighted by Crippen LogP contribution is -2.05. The molecular weight excluding hydrogens is 1200 g/mol. The van der Waals surface area contributed by atoms with Crippen LogP contribution in [-0.2, 0) is 32.1 Å². The van der Waals surface area contributed by atoms with Gasteiger partial charge in [0, 0.05) is 89.9 Å². The van der Waals surface area contributed by atoms with Gasteiger partial charge in [0.05, 0.1) is 64.1 Å². The zero-order chi connectivity index (χ0) is 66.2. The van der Waals surface area contributed by atoms with Crippen LogP contribution in [0.25, 0.3) is 84.4 Å². The first-order chi connectivity index (χ1) is 46.8. The number of hydrogen-bond acceptors (Lipinski definition) is 8. The van der Waals surface area contributed by atoms with Crippen LogP contribution in [-0.4, -0.2) is 53.1 Å². The van der Waals surface area contributed by atoms with Crippen molar-refractivity contribution in [2.75, 3.05) is 0 Å². The highest BCUT2D eigenvalue weighted by Gasteiger charge is 2.19. The van der Waals surface area contributed by atoms with E-state index in [0.717, 1.165) is 115 Å². The number of nitrogens with zero attached hydrogens (tertiary/aromatic N) is 11. The maximum absolute atomic E-state index is 14.8. The number of halogens is 3. The van der Waals surface area contributed by atoms with Crippen molar-refractivity contribution in [2.24, 2.45) is 0 Å². The molecule has 0 aliphatic rings. The van der Waals surface area contributed by atoms with Gasteiger partial charge in [0.15, 0.2) is 16.9 Å². The Hall–Kier alpha value is -11.5. The van der Waals surface area contributed by atoms with Gasteiger partial charge in [0.25, 0.3) is 0 Å². The average Bonchev–Trinajstić information content (AvgIpc) is 1.63. The minimum atomic E-state index is -0.619. The SMILES string of the molecule is Cc1cccc(-c2ccc(CCc3nccn4c(-c5ccccc5)cnc34)c(F)c2)c1.Cc1cccc(-c2ncc(C(C)Cc3nccn4c(-c5ccccc5)cnc34)cc2C)c1.Cc1cccc(-c2ncc(CCc3nccn4c(-c5cc(F)cc(F)c5)cnc34)cc2C)c1. The van der Waals surface area contributed by atoms with Crippen LogP contribution >= 0.6 is 0 Å². The third-order valence-electron chi connectivity index (χ3n) is 17.4. The van der Waals surface area contributed by atoms with E-state index in [1.54, 1.807) is 30.9 Å². The monoisotopic (exact) mass is 1270 g/mol. The Morgan fingerprint density at radius 2 is 0.802 bits per heavy atom. The molecule has 0 saturated carbocycles. The number of hydrogen-bond donors (Lipinski definition) is 0. The second kappa shape index (κ2) is 28.4. The van der Waals surface area contributed by atoms with Gasteiger partial charge in [-0.15, -0.1) is 0 Å². The first-order valence-electron chi connectivity index (χ1n) is 32.2. The summed E-state index contributed by atoms with van der Waals surface area (Å²) in [5.41, 5.74) is 25.7. The van der Waals surface area contributed by atoms with Crippen LogP contribution in [0, 0.1) is 52.1 Å². The number of aryl methyl sites for hydroxylation is 9. The fraction of sp³-hybridized carbons (Fsp3) is 0.146. The largest absolute Gasteiger partial charge is 0.297 e. The zero-order valence-electron chi connectivity index (χ0n) is 54.3. The molecule has 14 heteroatoms. The first kappa shape index (κ1) is 63.3. The van der Waals surface area contributed by atoms with E-state index < -0.39 is 11.6 Å². The summed E-state index contributed by atoms with van der Waals surface area (Å²) in [6, 6.07) is 58.9. The van der Waals surface area contributed by atoms with Gasteiger partial charge in [-0.1, -0.05) is 169 Å². The summed E-state index contributed by atoms with van der Waals surface area (Å²) in [5.74, 6) is -1.14. The van der Waals surface area contributed by atoms with Crippen molar-refractivity contribution >= 4 is 16.9 Å². The fourth-order valence-corrected chi connectivity index (χ4v) is 12.5. The highest BCUT2D eigenvalue weighted by molar-refractivity contribution is 5.70. The quantitative estimate of drug-likeness (QED) is 0.0996. The molecule has 0 radical (unpaired) electrons. The molecule has 474 valence electrons. The molecule has 15 rings (SSSR count). The Morgan fingerprint density at radius 1 is 0.354 bits per heavy atom. The van der Waals surface area contributed by atoms with Crippen molar-refractivity contribution in [3.05, 3.63) is 329 Å². The predicted molar refractivity (Wildman–Crippen MR) is 377 cm³/mol. The second-order valence-corrected chi connectivity index (χ2v) is 24.5. The van der Waals surface area contributed by atoms with Crippen molar-refractivity contribution in [3.8, 4) is 67.4 Å². The van der Waals surface area contributed by atoms with Gasteiger partial charge in [0.1, 0.15) is 17.5 Å². The maximum Gasteiger partial charge on any atom is 0.159 e. The van der Waals surface area contributed by atoms with E-state index in [1.165, 1.54) is 39.9 Å². The Kier molecular flexibility index (Phi) is 18.7. The van der Waals surface area contributed by atoms with Gasteiger partial charge in [0.2, 0.25) is 0 Å². The lowest BCUT2D eigenvalue weighted by molar-refractivity contribution is 0.584. The number of fused-ring (bicyclic) bond motifs is 3. The molecule has 11 nitrogen and oxygen atoms in total. The van der Waals surface area contributed by atoms with Crippen LogP contribution in [0.5, 0.6) is 0 Å². The van der Waals surface area contributed by atoms with Gasteiger partial charge in [-0.3, -0.25) is 38.1 Å². The maximum atomic E-state index is 14.8. The van der Waals surface area contributed by atoms with Gasteiger partial charge in [-0.25, -0.2) is 28.1 Å². The van der Waals surface area contributed by atoms with Gasteiger partial charge in [-0.2, -0.15) is 0 Å². The Labute approximate surface area is 556 Å². The second-order valence-electron chi connectivity index (χ2n) is 24.5. The third-order valence-corrected chi connectivity index (χ3v) is 17.4. The normalized spacial score (nSPS) is 11.6. The summed E-state index contributed by atoms with van der Waals surface area (Å²) in [6.45, 7) is 12.7. The smallest absolute Gasteiger partial charge is 0.159 e. The van der Waals surface area contributed by atoms with Crippen molar-refractivity contribution in [2.45, 2.75) is 79.6 Å². The van der Waals surface area contributed by atoms with E-state index >= 15 is 0 Å². The number of benzene rings is 7. The Morgan fingerprint density at radius 3 is 1.31 bits per heavy atom. The molecule has 0 saturated heterocycles. The van der Waals surface area contributed by atoms with E-state index in [0.29, 0.717) is 41.7 Å². The first-order valence-corrected chi connectivity index (χ1v) is 32.2. The highest BCUT2D eigenvalue weighted by atomic mass is 19.1. The van der Waals surface area contributed by atoms with Crippen molar-refractivity contribution in [1.82, 2.24) is 53.1 Å². The van der Waals surface area contributed by atoms with Gasteiger partial charge < -0.3 is 0 Å². The van der Waals surface area contributed by atoms with Gasteiger partial charge in [-0.05, 0) is 135 Å². The molecule has 0 amide bonds.